The van der Waals surface area contributed by atoms with Crippen molar-refractivity contribution in [3.63, 3.8) is 0 Å². The smallest absolute Gasteiger partial charge is 0.171 e. The number of anilines is 1. The number of rotatable bonds is 3. The Labute approximate surface area is 131 Å². The molecule has 0 aromatic heterocycles. The minimum absolute atomic E-state index is 0.127. The van der Waals surface area contributed by atoms with Gasteiger partial charge in [-0.15, -0.1) is 5.01 Å². The topological polar surface area (TPSA) is 54.0 Å². The van der Waals surface area contributed by atoms with E-state index in [9.17, 15) is 5.21 Å². The van der Waals surface area contributed by atoms with E-state index in [-0.39, 0.29) is 10.9 Å². The number of hydrazine groups is 1. The summed E-state index contributed by atoms with van der Waals surface area (Å²) in [4.78, 5) is 2.32. The maximum Gasteiger partial charge on any atom is 0.171 e. The van der Waals surface area contributed by atoms with Gasteiger partial charge in [-0.3, -0.25) is 4.76 Å². The van der Waals surface area contributed by atoms with E-state index in [1.807, 2.05) is 36.1 Å². The maximum atomic E-state index is 13.0. The lowest BCUT2D eigenvalue weighted by Gasteiger charge is -2.51. The van der Waals surface area contributed by atoms with Gasteiger partial charge in [-0.1, -0.05) is 0 Å². The Bertz CT molecular complexity index is 503. The second-order valence-corrected chi connectivity index (χ2v) is 6.04. The monoisotopic (exact) mass is 307 g/mol. The van der Waals surface area contributed by atoms with Crippen molar-refractivity contribution >= 4 is 5.69 Å². The Morgan fingerprint density at radius 2 is 1.82 bits per heavy atom. The molecule has 0 radical (unpaired) electrons. The molecule has 0 amide bonds. The van der Waals surface area contributed by atoms with Crippen LogP contribution in [0.4, 0.5) is 5.69 Å². The van der Waals surface area contributed by atoms with Crippen molar-refractivity contribution in [3.8, 4) is 5.75 Å². The average Bonchev–Trinajstić information content (AvgIpc) is 2.81. The van der Waals surface area contributed by atoms with Gasteiger partial charge in [0.25, 0.3) is 0 Å². The molecule has 1 N–H and O–H groups in total. The van der Waals surface area contributed by atoms with Crippen LogP contribution >= 0.6 is 0 Å². The predicted octanol–water partition coefficient (Wildman–Crippen LogP) is 0.800. The van der Waals surface area contributed by atoms with Gasteiger partial charge >= 0.3 is 0 Å². The van der Waals surface area contributed by atoms with E-state index in [0.29, 0.717) is 6.67 Å². The number of hydrogen-bond donors (Lipinski definition) is 1. The minimum Gasteiger partial charge on any atom is -0.609 e. The van der Waals surface area contributed by atoms with Crippen LogP contribution in [0.3, 0.4) is 0 Å². The number of benzene rings is 1. The quantitative estimate of drug-likeness (QED) is 0.658. The van der Waals surface area contributed by atoms with Gasteiger partial charge in [0.1, 0.15) is 5.75 Å². The molecule has 3 rings (SSSR count). The second-order valence-electron chi connectivity index (χ2n) is 6.04. The van der Waals surface area contributed by atoms with E-state index in [1.54, 1.807) is 7.11 Å². The molecule has 2 aliphatic heterocycles. The SMILES string of the molecule is COc1ccc(N2CCN([N+]3([O-])CN(C)NC3C)CC2)cc1. The molecule has 2 atom stereocenters. The summed E-state index contributed by atoms with van der Waals surface area (Å²) in [6.07, 6.45) is -0.127. The first-order valence-electron chi connectivity index (χ1n) is 7.73. The normalized spacial score (nSPS) is 30.7. The standard InChI is InChI=1S/C15H25N5O2/c1-13-16-17(2)12-20(13,21)19-10-8-18(9-11-19)14-4-6-15(22-3)7-5-14/h4-7,13,16H,8-12H2,1-3H3. The van der Waals surface area contributed by atoms with Crippen LogP contribution in [-0.4, -0.2) is 67.9 Å². The fraction of sp³-hybridized carbons (Fsp3) is 0.600. The molecule has 2 heterocycles. The number of methoxy groups -OCH3 is 1. The Balaban J connectivity index is 1.62. The first kappa shape index (κ1) is 15.5. The van der Waals surface area contributed by atoms with Crippen LogP contribution in [-0.2, 0) is 0 Å². The van der Waals surface area contributed by atoms with Gasteiger partial charge in [-0.25, -0.2) is 0 Å². The molecule has 122 valence electrons. The summed E-state index contributed by atoms with van der Waals surface area (Å²) in [5.74, 6) is 0.867. The summed E-state index contributed by atoms with van der Waals surface area (Å²) in [6, 6.07) is 8.10. The third-order valence-corrected chi connectivity index (χ3v) is 4.60. The largest absolute Gasteiger partial charge is 0.609 e. The summed E-state index contributed by atoms with van der Waals surface area (Å²) < 4.78 is 4.90. The molecule has 0 spiro atoms. The van der Waals surface area contributed by atoms with Crippen molar-refractivity contribution in [1.29, 1.82) is 0 Å². The molecule has 1 aromatic carbocycles. The highest BCUT2D eigenvalue weighted by Crippen LogP contribution is 2.25. The molecular weight excluding hydrogens is 282 g/mol. The molecule has 0 aliphatic carbocycles. The van der Waals surface area contributed by atoms with Crippen molar-refractivity contribution in [1.82, 2.24) is 15.4 Å². The van der Waals surface area contributed by atoms with Crippen LogP contribution in [0.5, 0.6) is 5.75 Å². The zero-order chi connectivity index (χ0) is 15.7. The van der Waals surface area contributed by atoms with Crippen molar-refractivity contribution < 1.29 is 9.49 Å². The fourth-order valence-electron chi connectivity index (χ4n) is 3.30. The minimum atomic E-state index is -0.299. The predicted molar refractivity (Wildman–Crippen MR) is 85.6 cm³/mol. The Hall–Kier alpha value is -1.38. The molecule has 7 nitrogen and oxygen atoms in total. The number of nitrogens with one attached hydrogen (secondary N) is 1. The summed E-state index contributed by atoms with van der Waals surface area (Å²) in [7, 11) is 3.59. The summed E-state index contributed by atoms with van der Waals surface area (Å²) in [6.45, 7) is 5.69. The number of quaternary nitrogens is 1. The highest BCUT2D eigenvalue weighted by molar-refractivity contribution is 5.49. The molecule has 2 aliphatic rings. The van der Waals surface area contributed by atoms with E-state index >= 15 is 0 Å². The molecule has 7 heteroatoms. The van der Waals surface area contributed by atoms with Crippen LogP contribution in [0.1, 0.15) is 6.92 Å². The first-order chi connectivity index (χ1) is 10.5. The Morgan fingerprint density at radius 3 is 2.32 bits per heavy atom. The first-order valence-corrected chi connectivity index (χ1v) is 7.73. The van der Waals surface area contributed by atoms with Crippen LogP contribution in [0.25, 0.3) is 0 Å². The van der Waals surface area contributed by atoms with E-state index in [0.717, 1.165) is 31.9 Å². The molecule has 1 aromatic rings. The van der Waals surface area contributed by atoms with Crippen molar-refractivity contribution in [2.75, 3.05) is 51.9 Å². The molecule has 0 bridgehead atoms. The van der Waals surface area contributed by atoms with Crippen LogP contribution < -0.4 is 15.1 Å². The summed E-state index contributed by atoms with van der Waals surface area (Å²) in [5, 5.41) is 17.0. The van der Waals surface area contributed by atoms with Gasteiger partial charge in [0.2, 0.25) is 0 Å². The third kappa shape index (κ3) is 2.78. The number of hydrogen-bond acceptors (Lipinski definition) is 6. The van der Waals surface area contributed by atoms with Gasteiger partial charge in [-0.2, -0.15) is 10.4 Å². The number of piperazine rings is 1. The zero-order valence-corrected chi connectivity index (χ0v) is 13.5. The zero-order valence-electron chi connectivity index (χ0n) is 13.5. The third-order valence-electron chi connectivity index (χ3n) is 4.60. The van der Waals surface area contributed by atoms with E-state index in [2.05, 4.69) is 22.5 Å². The Morgan fingerprint density at radius 1 is 1.18 bits per heavy atom. The van der Waals surface area contributed by atoms with Gasteiger partial charge < -0.3 is 14.8 Å². The molecule has 2 fully saturated rings. The summed E-state index contributed by atoms with van der Waals surface area (Å²) in [5.41, 5.74) is 4.37. The lowest BCUT2D eigenvalue weighted by atomic mass is 10.2. The van der Waals surface area contributed by atoms with Gasteiger partial charge in [0.05, 0.1) is 20.2 Å². The Kier molecular flexibility index (Phi) is 4.24. The van der Waals surface area contributed by atoms with E-state index in [1.165, 1.54) is 5.69 Å². The second kappa shape index (κ2) is 6.02. The number of nitrogens with zero attached hydrogens (tertiary/aromatic N) is 4. The average molecular weight is 307 g/mol. The van der Waals surface area contributed by atoms with Crippen molar-refractivity contribution in [3.05, 3.63) is 29.5 Å². The lowest BCUT2D eigenvalue weighted by molar-refractivity contribution is -1.01. The number of ether oxygens (including phenoxy) is 1. The van der Waals surface area contributed by atoms with Crippen molar-refractivity contribution in [2.45, 2.75) is 13.1 Å². The van der Waals surface area contributed by atoms with Crippen LogP contribution in [0.15, 0.2) is 24.3 Å². The van der Waals surface area contributed by atoms with Gasteiger partial charge in [-0.05, 0) is 24.3 Å². The fourth-order valence-corrected chi connectivity index (χ4v) is 3.30. The lowest BCUT2D eigenvalue weighted by Crippen LogP contribution is -2.64. The highest BCUT2D eigenvalue weighted by atomic mass is 16.6. The summed E-state index contributed by atoms with van der Waals surface area (Å²) >= 11 is 0. The van der Waals surface area contributed by atoms with Crippen molar-refractivity contribution in [2.24, 2.45) is 0 Å². The van der Waals surface area contributed by atoms with Gasteiger partial charge in [0.15, 0.2) is 12.8 Å². The van der Waals surface area contributed by atoms with Crippen LogP contribution in [0, 0.1) is 5.21 Å². The number of hydroxylamine groups is 2. The van der Waals surface area contributed by atoms with E-state index < -0.39 is 0 Å². The van der Waals surface area contributed by atoms with E-state index in [4.69, 9.17) is 4.74 Å². The molecule has 22 heavy (non-hydrogen) atoms. The highest BCUT2D eigenvalue weighted by Gasteiger charge is 2.41. The molecule has 0 saturated carbocycles. The van der Waals surface area contributed by atoms with Crippen LogP contribution in [0.2, 0.25) is 0 Å². The van der Waals surface area contributed by atoms with Gasteiger partial charge in [0, 0.05) is 32.7 Å². The molecular formula is C15H25N5O2. The maximum absolute atomic E-state index is 13.0. The molecule has 2 unspecified atom stereocenters. The molecule has 2 saturated heterocycles.